The molecule has 3 rings (SSSR count). The highest BCUT2D eigenvalue weighted by Crippen LogP contribution is 2.37. The molecule has 10 heteroatoms. The van der Waals surface area contributed by atoms with Crippen LogP contribution in [-0.2, 0) is 13.2 Å². The van der Waals surface area contributed by atoms with E-state index in [1.54, 1.807) is 19.2 Å². The van der Waals surface area contributed by atoms with Crippen molar-refractivity contribution >= 4 is 46.2 Å². The van der Waals surface area contributed by atoms with Gasteiger partial charge in [0.2, 0.25) is 0 Å². The van der Waals surface area contributed by atoms with E-state index in [4.69, 9.17) is 44.3 Å². The normalized spacial score (nSPS) is 10.7. The van der Waals surface area contributed by atoms with Crippen molar-refractivity contribution in [3.8, 4) is 11.5 Å². The molecule has 0 unspecified atom stereocenters. The minimum Gasteiger partial charge on any atom is -0.493 e. The van der Waals surface area contributed by atoms with Gasteiger partial charge in [-0.3, -0.25) is 10.1 Å². The molecular formula is C23H22Cl3N3O4. The van der Waals surface area contributed by atoms with Crippen LogP contribution < -0.4 is 20.1 Å². The lowest BCUT2D eigenvalue weighted by Gasteiger charge is -2.15. The lowest BCUT2D eigenvalue weighted by molar-refractivity contribution is -0.384. The number of rotatable bonds is 11. The number of non-ortho nitro benzene ring substituents is 1. The van der Waals surface area contributed by atoms with Gasteiger partial charge in [0.05, 0.1) is 27.8 Å². The summed E-state index contributed by atoms with van der Waals surface area (Å²) in [6.07, 6.45) is 0. The first-order valence-corrected chi connectivity index (χ1v) is 11.1. The molecule has 174 valence electrons. The zero-order chi connectivity index (χ0) is 23.8. The first kappa shape index (κ1) is 24.9. The molecule has 0 spiro atoms. The van der Waals surface area contributed by atoms with E-state index >= 15 is 0 Å². The van der Waals surface area contributed by atoms with E-state index in [9.17, 15) is 10.1 Å². The van der Waals surface area contributed by atoms with Gasteiger partial charge in [-0.2, -0.15) is 0 Å². The number of benzene rings is 3. The molecular weight excluding hydrogens is 489 g/mol. The number of nitrogens with one attached hydrogen (secondary N) is 2. The monoisotopic (exact) mass is 509 g/mol. The maximum Gasteiger partial charge on any atom is 0.271 e. The van der Waals surface area contributed by atoms with Crippen molar-refractivity contribution in [2.45, 2.75) is 13.2 Å². The van der Waals surface area contributed by atoms with Gasteiger partial charge in [0.15, 0.2) is 11.5 Å². The standard InChI is InChI=1S/C23H22Cl3N3O4/c1-32-22-11-15(10-20(26)23(22)33-14-16-4-2-3-5-18(16)24)13-27-8-9-28-21-7-6-17(29(30)31)12-19(21)25/h2-7,10-12,27-28H,8-9,13-14H2,1H3. The van der Waals surface area contributed by atoms with E-state index in [0.29, 0.717) is 51.9 Å². The van der Waals surface area contributed by atoms with Crippen LogP contribution in [0.4, 0.5) is 11.4 Å². The summed E-state index contributed by atoms with van der Waals surface area (Å²) in [7, 11) is 1.56. The minimum absolute atomic E-state index is 0.0474. The average Bonchev–Trinajstić information content (AvgIpc) is 2.79. The molecule has 7 nitrogen and oxygen atoms in total. The number of hydrogen-bond donors (Lipinski definition) is 2. The zero-order valence-corrected chi connectivity index (χ0v) is 20.0. The lowest BCUT2D eigenvalue weighted by Crippen LogP contribution is -2.22. The molecule has 0 fully saturated rings. The Kier molecular flexibility index (Phi) is 9.03. The molecule has 3 aromatic rings. The number of nitro groups is 1. The molecule has 2 N–H and O–H groups in total. The van der Waals surface area contributed by atoms with E-state index in [2.05, 4.69) is 10.6 Å². The highest BCUT2D eigenvalue weighted by atomic mass is 35.5. The molecule has 0 heterocycles. The molecule has 0 saturated carbocycles. The largest absolute Gasteiger partial charge is 0.493 e. The van der Waals surface area contributed by atoms with Crippen LogP contribution in [0.1, 0.15) is 11.1 Å². The van der Waals surface area contributed by atoms with Gasteiger partial charge < -0.3 is 20.1 Å². The van der Waals surface area contributed by atoms with Gasteiger partial charge in [0, 0.05) is 42.4 Å². The topological polar surface area (TPSA) is 85.7 Å². The Morgan fingerprint density at radius 1 is 0.970 bits per heavy atom. The Morgan fingerprint density at radius 3 is 2.45 bits per heavy atom. The molecule has 0 bridgehead atoms. The molecule has 33 heavy (non-hydrogen) atoms. The summed E-state index contributed by atoms with van der Waals surface area (Å²) in [6.45, 7) is 2.01. The van der Waals surface area contributed by atoms with Crippen molar-refractivity contribution in [3.63, 3.8) is 0 Å². The van der Waals surface area contributed by atoms with Crippen LogP contribution in [0.2, 0.25) is 15.1 Å². The number of methoxy groups -OCH3 is 1. The van der Waals surface area contributed by atoms with Gasteiger partial charge in [-0.05, 0) is 29.8 Å². The average molecular weight is 511 g/mol. The summed E-state index contributed by atoms with van der Waals surface area (Å²) in [5.74, 6) is 0.986. The van der Waals surface area contributed by atoms with Gasteiger partial charge in [-0.1, -0.05) is 53.0 Å². The minimum atomic E-state index is -0.482. The number of nitro benzene ring substituents is 1. The van der Waals surface area contributed by atoms with Crippen molar-refractivity contribution < 1.29 is 14.4 Å². The maximum atomic E-state index is 10.8. The third kappa shape index (κ3) is 6.88. The van der Waals surface area contributed by atoms with E-state index < -0.39 is 4.92 Å². The van der Waals surface area contributed by atoms with E-state index in [-0.39, 0.29) is 12.3 Å². The van der Waals surface area contributed by atoms with Gasteiger partial charge in [0.1, 0.15) is 6.61 Å². The Morgan fingerprint density at radius 2 is 1.76 bits per heavy atom. The Hall–Kier alpha value is -2.71. The van der Waals surface area contributed by atoms with Crippen LogP contribution in [0.15, 0.2) is 54.6 Å². The van der Waals surface area contributed by atoms with Crippen molar-refractivity contribution in [2.75, 3.05) is 25.5 Å². The van der Waals surface area contributed by atoms with Crippen LogP contribution >= 0.6 is 34.8 Å². The quantitative estimate of drug-likeness (QED) is 0.178. The summed E-state index contributed by atoms with van der Waals surface area (Å²) in [4.78, 5) is 10.3. The molecule has 0 aliphatic rings. The number of nitrogens with zero attached hydrogens (tertiary/aromatic N) is 1. The van der Waals surface area contributed by atoms with Gasteiger partial charge in [-0.25, -0.2) is 0 Å². The fourth-order valence-corrected chi connectivity index (χ4v) is 3.78. The van der Waals surface area contributed by atoms with Crippen molar-refractivity contribution in [3.05, 3.63) is 90.9 Å². The SMILES string of the molecule is COc1cc(CNCCNc2ccc([N+](=O)[O-])cc2Cl)cc(Cl)c1OCc1ccccc1Cl. The van der Waals surface area contributed by atoms with Crippen LogP contribution in [0.5, 0.6) is 11.5 Å². The van der Waals surface area contributed by atoms with Crippen LogP contribution in [-0.4, -0.2) is 25.1 Å². The first-order chi connectivity index (χ1) is 15.9. The van der Waals surface area contributed by atoms with Gasteiger partial charge in [-0.15, -0.1) is 0 Å². The van der Waals surface area contributed by atoms with Crippen molar-refractivity contribution in [2.24, 2.45) is 0 Å². The van der Waals surface area contributed by atoms with E-state index in [1.165, 1.54) is 12.1 Å². The second kappa shape index (κ2) is 12.0. The summed E-state index contributed by atoms with van der Waals surface area (Å²) < 4.78 is 11.3. The second-order valence-corrected chi connectivity index (χ2v) is 8.24. The van der Waals surface area contributed by atoms with E-state index in [1.807, 2.05) is 30.3 Å². The number of halogens is 3. The Labute approximate surface area is 206 Å². The molecule has 0 aromatic heterocycles. The third-order valence-electron chi connectivity index (χ3n) is 4.73. The summed E-state index contributed by atoms with van der Waals surface area (Å²) >= 11 is 18.7. The highest BCUT2D eigenvalue weighted by Gasteiger charge is 2.13. The van der Waals surface area contributed by atoms with Gasteiger partial charge in [0.25, 0.3) is 5.69 Å². The number of hydrogen-bond acceptors (Lipinski definition) is 6. The first-order valence-electron chi connectivity index (χ1n) is 10.00. The van der Waals surface area contributed by atoms with Crippen LogP contribution in [0.3, 0.4) is 0 Å². The molecule has 0 aliphatic carbocycles. The molecule has 3 aromatic carbocycles. The molecule has 0 radical (unpaired) electrons. The molecule has 0 atom stereocenters. The van der Waals surface area contributed by atoms with Crippen molar-refractivity contribution in [1.82, 2.24) is 5.32 Å². The smallest absolute Gasteiger partial charge is 0.271 e. The second-order valence-electron chi connectivity index (χ2n) is 7.01. The molecule has 0 amide bonds. The fourth-order valence-electron chi connectivity index (χ4n) is 3.06. The molecule has 0 saturated heterocycles. The van der Waals surface area contributed by atoms with Crippen LogP contribution in [0.25, 0.3) is 0 Å². The third-order valence-corrected chi connectivity index (χ3v) is 5.69. The summed E-state index contributed by atoms with van der Waals surface area (Å²) in [5.41, 5.74) is 2.36. The van der Waals surface area contributed by atoms with Gasteiger partial charge >= 0.3 is 0 Å². The summed E-state index contributed by atoms with van der Waals surface area (Å²) in [6, 6.07) is 15.4. The van der Waals surface area contributed by atoms with Crippen molar-refractivity contribution in [1.29, 1.82) is 0 Å². The zero-order valence-electron chi connectivity index (χ0n) is 17.7. The fraction of sp³-hybridized carbons (Fsp3) is 0.217. The number of ether oxygens (including phenoxy) is 2. The number of anilines is 1. The van der Waals surface area contributed by atoms with E-state index in [0.717, 1.165) is 11.1 Å². The molecule has 0 aliphatic heterocycles. The predicted molar refractivity (Wildman–Crippen MR) is 132 cm³/mol. The highest BCUT2D eigenvalue weighted by molar-refractivity contribution is 6.33. The Bertz CT molecular complexity index is 1130. The predicted octanol–water partition coefficient (Wildman–Crippen LogP) is 6.34. The maximum absolute atomic E-state index is 10.8. The Balaban J connectivity index is 1.52. The van der Waals surface area contributed by atoms with Crippen LogP contribution in [0, 0.1) is 10.1 Å². The summed E-state index contributed by atoms with van der Waals surface area (Å²) in [5, 5.41) is 18.6. The lowest BCUT2D eigenvalue weighted by atomic mass is 10.2.